The first-order chi connectivity index (χ1) is 9.81. The summed E-state index contributed by atoms with van der Waals surface area (Å²) in [5.74, 6) is 1.10. The van der Waals surface area contributed by atoms with E-state index in [1.54, 1.807) is 0 Å². The minimum absolute atomic E-state index is 0.621. The number of thiophene rings is 1. The highest BCUT2D eigenvalue weighted by Crippen LogP contribution is 2.23. The molecule has 1 aliphatic rings. The van der Waals surface area contributed by atoms with Gasteiger partial charge in [-0.2, -0.15) is 0 Å². The van der Waals surface area contributed by atoms with E-state index in [1.165, 1.54) is 21.5 Å². The molecule has 0 saturated carbocycles. The van der Waals surface area contributed by atoms with Crippen LogP contribution in [0.1, 0.15) is 17.7 Å². The largest absolute Gasteiger partial charge is 0.357 e. The molecule has 1 fully saturated rings. The quantitative estimate of drug-likeness (QED) is 0.910. The number of hydrogen-bond acceptors (Lipinski definition) is 4. The van der Waals surface area contributed by atoms with E-state index < -0.39 is 0 Å². The molecule has 3 heterocycles. The van der Waals surface area contributed by atoms with Crippen molar-refractivity contribution in [2.75, 3.05) is 18.0 Å². The van der Waals surface area contributed by atoms with Gasteiger partial charge in [0.15, 0.2) is 0 Å². The molecule has 0 spiro atoms. The molecule has 5 heteroatoms. The highest BCUT2D eigenvalue weighted by molar-refractivity contribution is 9.11. The van der Waals surface area contributed by atoms with Gasteiger partial charge in [-0.25, -0.2) is 4.98 Å². The van der Waals surface area contributed by atoms with Gasteiger partial charge in [0.25, 0.3) is 0 Å². The first-order valence-corrected chi connectivity index (χ1v) is 8.56. The van der Waals surface area contributed by atoms with E-state index in [0.717, 1.165) is 25.5 Å². The predicted molar refractivity (Wildman–Crippen MR) is 88.3 cm³/mol. The third kappa shape index (κ3) is 3.59. The van der Waals surface area contributed by atoms with Gasteiger partial charge in [0, 0.05) is 36.8 Å². The molecule has 1 aliphatic heterocycles. The standard InChI is InChI=1S/C15H18BrN3S/c16-14-5-4-13(20-14)11-18-12-6-9-19(10-7-12)15-3-1-2-8-17-15/h1-5,8,12,18H,6-7,9-11H2. The lowest BCUT2D eigenvalue weighted by molar-refractivity contribution is 0.414. The third-order valence-corrected chi connectivity index (χ3v) is 5.29. The van der Waals surface area contributed by atoms with Gasteiger partial charge in [-0.3, -0.25) is 0 Å². The van der Waals surface area contributed by atoms with E-state index in [2.05, 4.69) is 55.4 Å². The second kappa shape index (κ2) is 6.70. The molecule has 0 bridgehead atoms. The Kier molecular flexibility index (Phi) is 4.70. The lowest BCUT2D eigenvalue weighted by atomic mass is 10.1. The Morgan fingerprint density at radius 1 is 1.25 bits per heavy atom. The molecule has 106 valence electrons. The van der Waals surface area contributed by atoms with Crippen LogP contribution in [0.3, 0.4) is 0 Å². The second-order valence-electron chi connectivity index (χ2n) is 5.04. The van der Waals surface area contributed by atoms with Gasteiger partial charge < -0.3 is 10.2 Å². The van der Waals surface area contributed by atoms with Crippen molar-refractivity contribution in [1.29, 1.82) is 0 Å². The van der Waals surface area contributed by atoms with Crippen LogP contribution in [0.5, 0.6) is 0 Å². The third-order valence-electron chi connectivity index (χ3n) is 3.66. The van der Waals surface area contributed by atoms with Crippen LogP contribution in [0.25, 0.3) is 0 Å². The Balaban J connectivity index is 1.47. The smallest absolute Gasteiger partial charge is 0.128 e. The van der Waals surface area contributed by atoms with Crippen LogP contribution < -0.4 is 10.2 Å². The van der Waals surface area contributed by atoms with Crippen molar-refractivity contribution in [2.24, 2.45) is 0 Å². The average molecular weight is 352 g/mol. The molecule has 0 radical (unpaired) electrons. The monoisotopic (exact) mass is 351 g/mol. The number of aromatic nitrogens is 1. The predicted octanol–water partition coefficient (Wildman–Crippen LogP) is 3.66. The van der Waals surface area contributed by atoms with Crippen LogP contribution >= 0.6 is 27.3 Å². The van der Waals surface area contributed by atoms with Crippen molar-refractivity contribution >= 4 is 33.1 Å². The zero-order valence-corrected chi connectivity index (χ0v) is 13.7. The Morgan fingerprint density at radius 3 is 2.75 bits per heavy atom. The van der Waals surface area contributed by atoms with E-state index in [-0.39, 0.29) is 0 Å². The summed E-state index contributed by atoms with van der Waals surface area (Å²) in [6.45, 7) is 3.15. The molecule has 3 nitrogen and oxygen atoms in total. The number of pyridine rings is 1. The number of piperidine rings is 1. The van der Waals surface area contributed by atoms with E-state index in [1.807, 2.05) is 23.6 Å². The zero-order chi connectivity index (χ0) is 13.8. The number of nitrogens with zero attached hydrogens (tertiary/aromatic N) is 2. The van der Waals surface area contributed by atoms with Gasteiger partial charge in [-0.1, -0.05) is 6.07 Å². The molecule has 20 heavy (non-hydrogen) atoms. The maximum atomic E-state index is 4.43. The number of halogens is 1. The molecule has 0 atom stereocenters. The molecule has 0 aliphatic carbocycles. The molecule has 2 aromatic rings. The summed E-state index contributed by atoms with van der Waals surface area (Å²) in [6.07, 6.45) is 4.24. The maximum Gasteiger partial charge on any atom is 0.128 e. The molecule has 2 aromatic heterocycles. The summed E-state index contributed by atoms with van der Waals surface area (Å²) < 4.78 is 1.21. The van der Waals surface area contributed by atoms with Crippen LogP contribution in [-0.4, -0.2) is 24.1 Å². The van der Waals surface area contributed by atoms with Crippen molar-refractivity contribution in [1.82, 2.24) is 10.3 Å². The van der Waals surface area contributed by atoms with Crippen molar-refractivity contribution in [3.8, 4) is 0 Å². The minimum Gasteiger partial charge on any atom is -0.357 e. The van der Waals surface area contributed by atoms with E-state index in [4.69, 9.17) is 0 Å². The Hall–Kier alpha value is -0.910. The van der Waals surface area contributed by atoms with Crippen molar-refractivity contribution in [3.63, 3.8) is 0 Å². The van der Waals surface area contributed by atoms with Crippen LogP contribution in [-0.2, 0) is 6.54 Å². The fraction of sp³-hybridized carbons (Fsp3) is 0.400. The van der Waals surface area contributed by atoms with Crippen molar-refractivity contribution < 1.29 is 0 Å². The lowest BCUT2D eigenvalue weighted by Gasteiger charge is -2.33. The molecular formula is C15H18BrN3S. The molecule has 0 amide bonds. The van der Waals surface area contributed by atoms with Gasteiger partial charge in [-0.05, 0) is 53.0 Å². The van der Waals surface area contributed by atoms with Crippen LogP contribution in [0.4, 0.5) is 5.82 Å². The first kappa shape index (κ1) is 14.0. The van der Waals surface area contributed by atoms with Crippen molar-refractivity contribution in [3.05, 3.63) is 45.2 Å². The molecule has 0 unspecified atom stereocenters. The summed E-state index contributed by atoms with van der Waals surface area (Å²) in [6, 6.07) is 11.0. The topological polar surface area (TPSA) is 28.2 Å². The molecular weight excluding hydrogens is 334 g/mol. The fourth-order valence-corrected chi connectivity index (χ4v) is 3.98. The summed E-state index contributed by atoms with van der Waals surface area (Å²) >= 11 is 5.32. The number of hydrogen-bond donors (Lipinski definition) is 1. The Bertz CT molecular complexity index is 535. The first-order valence-electron chi connectivity index (χ1n) is 6.95. The van der Waals surface area contributed by atoms with Gasteiger partial charge in [0.1, 0.15) is 5.82 Å². The van der Waals surface area contributed by atoms with Gasteiger partial charge in [0.2, 0.25) is 0 Å². The van der Waals surface area contributed by atoms with E-state index in [0.29, 0.717) is 6.04 Å². The van der Waals surface area contributed by atoms with Crippen LogP contribution in [0, 0.1) is 0 Å². The van der Waals surface area contributed by atoms with E-state index in [9.17, 15) is 0 Å². The highest BCUT2D eigenvalue weighted by atomic mass is 79.9. The summed E-state index contributed by atoms with van der Waals surface area (Å²) in [5.41, 5.74) is 0. The minimum atomic E-state index is 0.621. The normalized spacial score (nSPS) is 16.6. The summed E-state index contributed by atoms with van der Waals surface area (Å²) in [5, 5.41) is 3.67. The summed E-state index contributed by atoms with van der Waals surface area (Å²) in [4.78, 5) is 8.19. The van der Waals surface area contributed by atoms with Crippen molar-refractivity contribution in [2.45, 2.75) is 25.4 Å². The SMILES string of the molecule is Brc1ccc(CNC2CCN(c3ccccn3)CC2)s1. The summed E-state index contributed by atoms with van der Waals surface area (Å²) in [7, 11) is 0. The lowest BCUT2D eigenvalue weighted by Crippen LogP contribution is -2.42. The van der Waals surface area contributed by atoms with Crippen LogP contribution in [0.2, 0.25) is 0 Å². The number of rotatable bonds is 4. The van der Waals surface area contributed by atoms with E-state index >= 15 is 0 Å². The van der Waals surface area contributed by atoms with Crippen LogP contribution in [0.15, 0.2) is 40.3 Å². The Labute approximate surface area is 132 Å². The molecule has 0 aromatic carbocycles. The molecule has 1 saturated heterocycles. The van der Waals surface area contributed by atoms with Gasteiger partial charge >= 0.3 is 0 Å². The number of anilines is 1. The maximum absolute atomic E-state index is 4.43. The second-order valence-corrected chi connectivity index (χ2v) is 7.58. The number of nitrogens with one attached hydrogen (secondary N) is 1. The van der Waals surface area contributed by atoms with Gasteiger partial charge in [-0.15, -0.1) is 11.3 Å². The molecule has 3 rings (SSSR count). The van der Waals surface area contributed by atoms with Gasteiger partial charge in [0.05, 0.1) is 3.79 Å². The average Bonchev–Trinajstić information content (AvgIpc) is 2.92. The fourth-order valence-electron chi connectivity index (χ4n) is 2.55. The highest BCUT2D eigenvalue weighted by Gasteiger charge is 2.19. The molecule has 1 N–H and O–H groups in total. The zero-order valence-electron chi connectivity index (χ0n) is 11.3. The Morgan fingerprint density at radius 2 is 2.10 bits per heavy atom.